The highest BCUT2D eigenvalue weighted by Crippen LogP contribution is 2.23. The lowest BCUT2D eigenvalue weighted by atomic mass is 10.1. The Kier molecular flexibility index (Phi) is 6.58. The van der Waals surface area contributed by atoms with Crippen molar-refractivity contribution in [2.75, 3.05) is 25.9 Å². The minimum atomic E-state index is -3.40. The average Bonchev–Trinajstić information content (AvgIpc) is 2.42. The van der Waals surface area contributed by atoms with E-state index in [4.69, 9.17) is 0 Å². The van der Waals surface area contributed by atoms with Gasteiger partial charge in [0.05, 0.1) is 5.75 Å². The van der Waals surface area contributed by atoms with Crippen LogP contribution in [0.4, 0.5) is 4.39 Å². The molecule has 1 N–H and O–H groups in total. The Morgan fingerprint density at radius 3 is 2.55 bits per heavy atom. The van der Waals surface area contributed by atoms with Crippen molar-refractivity contribution in [3.05, 3.63) is 35.6 Å². The van der Waals surface area contributed by atoms with Crippen molar-refractivity contribution < 1.29 is 12.8 Å². The first-order chi connectivity index (χ1) is 9.40. The quantitative estimate of drug-likeness (QED) is 0.749. The molecule has 20 heavy (non-hydrogen) atoms. The van der Waals surface area contributed by atoms with Gasteiger partial charge < -0.3 is 5.32 Å². The molecule has 6 heteroatoms. The summed E-state index contributed by atoms with van der Waals surface area (Å²) in [5, 5.41) is 3.06. The minimum absolute atomic E-state index is 0.0162. The number of rotatable bonds is 8. The highest BCUT2D eigenvalue weighted by molar-refractivity contribution is 7.89. The van der Waals surface area contributed by atoms with Gasteiger partial charge in [-0.15, -0.1) is 0 Å². The van der Waals surface area contributed by atoms with Gasteiger partial charge in [0.25, 0.3) is 0 Å². The van der Waals surface area contributed by atoms with Crippen LogP contribution in [-0.2, 0) is 10.0 Å². The Labute approximate surface area is 121 Å². The van der Waals surface area contributed by atoms with E-state index in [0.717, 1.165) is 13.0 Å². The third-order valence-electron chi connectivity index (χ3n) is 3.30. The summed E-state index contributed by atoms with van der Waals surface area (Å²) in [6.07, 6.45) is 0.960. The van der Waals surface area contributed by atoms with Gasteiger partial charge in [-0.3, -0.25) is 0 Å². The third kappa shape index (κ3) is 4.54. The fourth-order valence-electron chi connectivity index (χ4n) is 1.90. The van der Waals surface area contributed by atoms with Crippen molar-refractivity contribution >= 4 is 10.0 Å². The third-order valence-corrected chi connectivity index (χ3v) is 5.22. The average molecular weight is 302 g/mol. The number of nitrogens with zero attached hydrogens (tertiary/aromatic N) is 1. The van der Waals surface area contributed by atoms with Crippen LogP contribution in [0.3, 0.4) is 0 Å². The normalized spacial score (nSPS) is 13.7. The number of hydrogen-bond acceptors (Lipinski definition) is 3. The lowest BCUT2D eigenvalue weighted by molar-refractivity contribution is 0.387. The van der Waals surface area contributed by atoms with Gasteiger partial charge in [-0.25, -0.2) is 12.8 Å². The maximum atomic E-state index is 13.7. The van der Waals surface area contributed by atoms with Gasteiger partial charge in [0.1, 0.15) is 5.82 Å². The number of sulfonamides is 1. The van der Waals surface area contributed by atoms with E-state index in [1.807, 2.05) is 6.92 Å². The Morgan fingerprint density at radius 1 is 1.30 bits per heavy atom. The van der Waals surface area contributed by atoms with Crippen molar-refractivity contribution in [1.82, 2.24) is 9.62 Å². The zero-order valence-corrected chi connectivity index (χ0v) is 13.1. The highest BCUT2D eigenvalue weighted by atomic mass is 32.2. The van der Waals surface area contributed by atoms with E-state index < -0.39 is 16.1 Å². The molecule has 0 amide bonds. The van der Waals surface area contributed by atoms with E-state index in [1.54, 1.807) is 25.1 Å². The van der Waals surface area contributed by atoms with Gasteiger partial charge in [0.15, 0.2) is 0 Å². The second-order valence-corrected chi connectivity index (χ2v) is 6.93. The molecule has 4 nitrogen and oxygen atoms in total. The minimum Gasteiger partial charge on any atom is -0.316 e. The summed E-state index contributed by atoms with van der Waals surface area (Å²) >= 11 is 0. The van der Waals surface area contributed by atoms with Crippen LogP contribution in [0.1, 0.15) is 31.9 Å². The Hall–Kier alpha value is -0.980. The molecule has 0 saturated heterocycles. The lowest BCUT2D eigenvalue weighted by Crippen LogP contribution is -2.35. The molecule has 0 aliphatic rings. The molecule has 1 aromatic rings. The number of hydrogen-bond donors (Lipinski definition) is 1. The van der Waals surface area contributed by atoms with Crippen LogP contribution in [0, 0.1) is 5.82 Å². The molecule has 1 aromatic carbocycles. The lowest BCUT2D eigenvalue weighted by Gasteiger charge is -2.25. The van der Waals surface area contributed by atoms with E-state index in [9.17, 15) is 12.8 Å². The summed E-state index contributed by atoms with van der Waals surface area (Å²) in [4.78, 5) is 0. The van der Waals surface area contributed by atoms with Crippen molar-refractivity contribution in [3.63, 3.8) is 0 Å². The van der Waals surface area contributed by atoms with Crippen LogP contribution in [0.15, 0.2) is 24.3 Å². The predicted octanol–water partition coefficient (Wildman–Crippen LogP) is 2.15. The smallest absolute Gasteiger partial charge is 0.215 e. The fraction of sp³-hybridized carbons (Fsp3) is 0.571. The van der Waals surface area contributed by atoms with Crippen molar-refractivity contribution in [2.45, 2.75) is 26.3 Å². The van der Waals surface area contributed by atoms with Crippen molar-refractivity contribution in [1.29, 1.82) is 0 Å². The summed E-state index contributed by atoms with van der Waals surface area (Å²) in [5.41, 5.74) is 0.389. The molecule has 0 fully saturated rings. The summed E-state index contributed by atoms with van der Waals surface area (Å²) in [5.74, 6) is -0.367. The first-order valence-corrected chi connectivity index (χ1v) is 8.42. The highest BCUT2D eigenvalue weighted by Gasteiger charge is 2.25. The molecular formula is C14H23FN2O2S. The maximum absolute atomic E-state index is 13.7. The molecule has 1 rings (SSSR count). The van der Waals surface area contributed by atoms with Gasteiger partial charge in [-0.05, 0) is 26.0 Å². The molecule has 0 spiro atoms. The van der Waals surface area contributed by atoms with Gasteiger partial charge in [0, 0.05) is 25.2 Å². The van der Waals surface area contributed by atoms with Crippen molar-refractivity contribution in [2.24, 2.45) is 0 Å². The fourth-order valence-corrected chi connectivity index (χ4v) is 3.18. The van der Waals surface area contributed by atoms with E-state index in [0.29, 0.717) is 12.1 Å². The van der Waals surface area contributed by atoms with E-state index in [-0.39, 0.29) is 11.6 Å². The second-order valence-electron chi connectivity index (χ2n) is 4.78. The van der Waals surface area contributed by atoms with E-state index in [2.05, 4.69) is 5.32 Å². The first-order valence-electron chi connectivity index (χ1n) is 6.81. The van der Waals surface area contributed by atoms with Crippen LogP contribution >= 0.6 is 0 Å². The summed E-state index contributed by atoms with van der Waals surface area (Å²) in [6.45, 7) is 4.91. The molecule has 0 saturated carbocycles. The molecule has 0 aliphatic heterocycles. The zero-order chi connectivity index (χ0) is 15.2. The Balaban J connectivity index is 2.73. The summed E-state index contributed by atoms with van der Waals surface area (Å²) in [7, 11) is -1.91. The number of halogens is 1. The topological polar surface area (TPSA) is 49.4 Å². The summed E-state index contributed by atoms with van der Waals surface area (Å²) < 4.78 is 39.3. The molecule has 0 radical (unpaired) electrons. The monoisotopic (exact) mass is 302 g/mol. The van der Waals surface area contributed by atoms with E-state index in [1.165, 1.54) is 17.4 Å². The van der Waals surface area contributed by atoms with Gasteiger partial charge in [-0.2, -0.15) is 4.31 Å². The SMILES string of the molecule is CCCNCCS(=O)(=O)N(C)C(C)c1ccccc1F. The van der Waals surface area contributed by atoms with Crippen LogP contribution < -0.4 is 5.32 Å². The molecule has 1 atom stereocenters. The molecule has 0 heterocycles. The Bertz CT molecular complexity index is 520. The van der Waals surface area contributed by atoms with Gasteiger partial charge in [0.2, 0.25) is 10.0 Å². The predicted molar refractivity (Wildman–Crippen MR) is 79.5 cm³/mol. The zero-order valence-electron chi connectivity index (χ0n) is 12.3. The van der Waals surface area contributed by atoms with Gasteiger partial charge in [-0.1, -0.05) is 25.1 Å². The molecule has 114 valence electrons. The summed E-state index contributed by atoms with van der Waals surface area (Å²) in [6, 6.07) is 5.73. The number of nitrogens with one attached hydrogen (secondary N) is 1. The molecule has 1 unspecified atom stereocenters. The largest absolute Gasteiger partial charge is 0.316 e. The number of benzene rings is 1. The molecular weight excluding hydrogens is 279 g/mol. The Morgan fingerprint density at radius 2 is 1.95 bits per heavy atom. The van der Waals surface area contributed by atoms with Crippen LogP contribution in [-0.4, -0.2) is 38.6 Å². The van der Waals surface area contributed by atoms with Crippen LogP contribution in [0.5, 0.6) is 0 Å². The first kappa shape index (κ1) is 17.1. The van der Waals surface area contributed by atoms with Crippen LogP contribution in [0.2, 0.25) is 0 Å². The maximum Gasteiger partial charge on any atom is 0.215 e. The van der Waals surface area contributed by atoms with Crippen molar-refractivity contribution in [3.8, 4) is 0 Å². The molecule has 0 bridgehead atoms. The van der Waals surface area contributed by atoms with Crippen LogP contribution in [0.25, 0.3) is 0 Å². The van der Waals surface area contributed by atoms with Gasteiger partial charge >= 0.3 is 0 Å². The molecule has 0 aromatic heterocycles. The second kappa shape index (κ2) is 7.71. The molecule has 0 aliphatic carbocycles. The standard InChI is InChI=1S/C14H23FN2O2S/c1-4-9-16-10-11-20(18,19)17(3)12(2)13-7-5-6-8-14(13)15/h5-8,12,16H,4,9-11H2,1-3H3. The van der Waals surface area contributed by atoms with E-state index >= 15 is 0 Å².